The fraction of sp³-hybridized carbons (Fsp3) is 0.353. The number of benzene rings is 1. The second-order valence-corrected chi connectivity index (χ2v) is 5.18. The molecule has 0 saturated carbocycles. The van der Waals surface area contributed by atoms with Gasteiger partial charge in [0.2, 0.25) is 5.91 Å². The number of nitrogens with zero attached hydrogens (tertiary/aromatic N) is 1. The van der Waals surface area contributed by atoms with Crippen molar-refractivity contribution in [2.45, 2.75) is 19.8 Å². The van der Waals surface area contributed by atoms with Gasteiger partial charge < -0.3 is 19.7 Å². The predicted octanol–water partition coefficient (Wildman–Crippen LogP) is 1.63. The summed E-state index contributed by atoms with van der Waals surface area (Å²) in [4.78, 5) is 36.8. The van der Waals surface area contributed by atoms with Gasteiger partial charge in [0.05, 0.1) is 20.3 Å². The van der Waals surface area contributed by atoms with E-state index in [9.17, 15) is 14.4 Å². The number of anilines is 2. The lowest BCUT2D eigenvalue weighted by Crippen LogP contribution is -2.34. The molecule has 0 atom stereocenters. The maximum absolute atomic E-state index is 11.9. The molecular formula is C17H20N2O5. The van der Waals surface area contributed by atoms with Crippen molar-refractivity contribution in [2.75, 3.05) is 31.0 Å². The van der Waals surface area contributed by atoms with Crippen LogP contribution in [0.5, 0.6) is 0 Å². The standard InChI is InChI=1S/C17H20N2O5/c1-4-19-14-7-6-12(9-11(14)5-8-15(19)20)18-13(17(22)24-3)10-16(21)23-2/h6-7,9-10,18H,4-5,8H2,1-3H3/b13-10+. The van der Waals surface area contributed by atoms with E-state index in [-0.39, 0.29) is 11.6 Å². The normalized spacial score (nSPS) is 14.0. The Labute approximate surface area is 140 Å². The Morgan fingerprint density at radius 3 is 2.62 bits per heavy atom. The molecule has 0 saturated heterocycles. The Balaban J connectivity index is 2.29. The first-order chi connectivity index (χ1) is 11.5. The summed E-state index contributed by atoms with van der Waals surface area (Å²) in [5.74, 6) is -1.24. The van der Waals surface area contributed by atoms with E-state index >= 15 is 0 Å². The number of esters is 2. The highest BCUT2D eigenvalue weighted by Gasteiger charge is 2.23. The maximum Gasteiger partial charge on any atom is 0.354 e. The van der Waals surface area contributed by atoms with E-state index in [1.165, 1.54) is 14.2 Å². The molecule has 1 aliphatic heterocycles. The smallest absolute Gasteiger partial charge is 0.354 e. The van der Waals surface area contributed by atoms with E-state index in [1.807, 2.05) is 19.1 Å². The summed E-state index contributed by atoms with van der Waals surface area (Å²) in [5.41, 5.74) is 2.47. The first-order valence-corrected chi connectivity index (χ1v) is 7.58. The van der Waals surface area contributed by atoms with Gasteiger partial charge in [-0.05, 0) is 37.1 Å². The van der Waals surface area contributed by atoms with Gasteiger partial charge in [-0.25, -0.2) is 9.59 Å². The van der Waals surface area contributed by atoms with Crippen LogP contribution in [0.15, 0.2) is 30.0 Å². The monoisotopic (exact) mass is 332 g/mol. The third kappa shape index (κ3) is 3.73. The second-order valence-electron chi connectivity index (χ2n) is 5.18. The maximum atomic E-state index is 11.9. The molecule has 0 radical (unpaired) electrons. The Kier molecular flexibility index (Phi) is 5.57. The van der Waals surface area contributed by atoms with Gasteiger partial charge in [-0.2, -0.15) is 0 Å². The van der Waals surface area contributed by atoms with Crippen LogP contribution in [0.3, 0.4) is 0 Å². The third-order valence-electron chi connectivity index (χ3n) is 3.74. The lowest BCUT2D eigenvalue weighted by Gasteiger charge is -2.28. The van der Waals surface area contributed by atoms with Crippen molar-refractivity contribution in [3.8, 4) is 0 Å². The average Bonchev–Trinajstić information content (AvgIpc) is 2.60. The molecule has 0 aliphatic carbocycles. The van der Waals surface area contributed by atoms with Crippen LogP contribution in [0.25, 0.3) is 0 Å². The van der Waals surface area contributed by atoms with Crippen molar-refractivity contribution < 1.29 is 23.9 Å². The van der Waals surface area contributed by atoms with Gasteiger partial charge in [0.1, 0.15) is 5.70 Å². The van der Waals surface area contributed by atoms with Crippen LogP contribution in [-0.2, 0) is 30.3 Å². The summed E-state index contributed by atoms with van der Waals surface area (Å²) < 4.78 is 9.20. The van der Waals surface area contributed by atoms with E-state index in [4.69, 9.17) is 0 Å². The summed E-state index contributed by atoms with van der Waals surface area (Å²) in [7, 11) is 2.45. The SMILES string of the molecule is CCN1C(=O)CCc2cc(N/C(=C/C(=O)OC)C(=O)OC)ccc21. The van der Waals surface area contributed by atoms with Crippen molar-refractivity contribution in [1.29, 1.82) is 0 Å². The van der Waals surface area contributed by atoms with Gasteiger partial charge in [0.15, 0.2) is 0 Å². The highest BCUT2D eigenvalue weighted by Crippen LogP contribution is 2.30. The number of aryl methyl sites for hydroxylation is 1. The highest BCUT2D eigenvalue weighted by molar-refractivity contribution is 5.99. The molecule has 7 nitrogen and oxygen atoms in total. The van der Waals surface area contributed by atoms with Crippen molar-refractivity contribution in [1.82, 2.24) is 0 Å². The summed E-state index contributed by atoms with van der Waals surface area (Å²) in [6.45, 7) is 2.53. The van der Waals surface area contributed by atoms with Crippen molar-refractivity contribution in [3.63, 3.8) is 0 Å². The Bertz CT molecular complexity index is 696. The summed E-state index contributed by atoms with van der Waals surface area (Å²) in [5, 5.41) is 2.87. The molecule has 2 rings (SSSR count). The molecule has 1 aromatic rings. The first kappa shape index (κ1) is 17.5. The number of ether oxygens (including phenoxy) is 2. The average molecular weight is 332 g/mol. The minimum atomic E-state index is -0.677. The molecule has 128 valence electrons. The zero-order valence-electron chi connectivity index (χ0n) is 13.9. The van der Waals surface area contributed by atoms with Gasteiger partial charge in [0.25, 0.3) is 0 Å². The fourth-order valence-corrected chi connectivity index (χ4v) is 2.57. The Hall–Kier alpha value is -2.83. The van der Waals surface area contributed by atoms with E-state index in [0.717, 1.165) is 17.3 Å². The van der Waals surface area contributed by atoms with Crippen LogP contribution in [0.1, 0.15) is 18.9 Å². The van der Waals surface area contributed by atoms with Gasteiger partial charge in [-0.3, -0.25) is 4.79 Å². The zero-order valence-corrected chi connectivity index (χ0v) is 13.9. The highest BCUT2D eigenvalue weighted by atomic mass is 16.5. The molecule has 0 bridgehead atoms. The lowest BCUT2D eigenvalue weighted by molar-refractivity contribution is -0.138. The third-order valence-corrected chi connectivity index (χ3v) is 3.74. The minimum Gasteiger partial charge on any atom is -0.466 e. The Morgan fingerprint density at radius 2 is 2.00 bits per heavy atom. The Morgan fingerprint density at radius 1 is 1.25 bits per heavy atom. The molecular weight excluding hydrogens is 312 g/mol. The number of amides is 1. The number of fused-ring (bicyclic) bond motifs is 1. The predicted molar refractivity (Wildman–Crippen MR) is 88.5 cm³/mol. The largest absolute Gasteiger partial charge is 0.466 e. The van der Waals surface area contributed by atoms with Crippen LogP contribution in [-0.4, -0.2) is 38.6 Å². The molecule has 0 spiro atoms. The molecule has 0 unspecified atom stereocenters. The molecule has 1 aromatic carbocycles. The number of nitrogens with one attached hydrogen (secondary N) is 1. The van der Waals surface area contributed by atoms with E-state index in [1.54, 1.807) is 11.0 Å². The fourth-order valence-electron chi connectivity index (χ4n) is 2.57. The molecule has 1 aliphatic rings. The van der Waals surface area contributed by atoms with Crippen LogP contribution in [0.4, 0.5) is 11.4 Å². The van der Waals surface area contributed by atoms with Crippen molar-refractivity contribution in [2.24, 2.45) is 0 Å². The minimum absolute atomic E-state index is 0.0245. The summed E-state index contributed by atoms with van der Waals surface area (Å²) in [6, 6.07) is 5.43. The van der Waals surface area contributed by atoms with E-state index < -0.39 is 11.9 Å². The van der Waals surface area contributed by atoms with Gasteiger partial charge in [-0.1, -0.05) is 0 Å². The zero-order chi connectivity index (χ0) is 17.7. The first-order valence-electron chi connectivity index (χ1n) is 7.58. The van der Waals surface area contributed by atoms with Crippen molar-refractivity contribution >= 4 is 29.2 Å². The molecule has 0 fully saturated rings. The number of carbonyl (C=O) groups excluding carboxylic acids is 3. The molecule has 24 heavy (non-hydrogen) atoms. The molecule has 1 heterocycles. The van der Waals surface area contributed by atoms with Crippen LogP contribution < -0.4 is 10.2 Å². The molecule has 1 amide bonds. The van der Waals surface area contributed by atoms with Gasteiger partial charge in [-0.15, -0.1) is 0 Å². The quantitative estimate of drug-likeness (QED) is 0.651. The number of hydrogen-bond donors (Lipinski definition) is 1. The van der Waals surface area contributed by atoms with E-state index in [2.05, 4.69) is 14.8 Å². The number of methoxy groups -OCH3 is 2. The topological polar surface area (TPSA) is 84.9 Å². The number of hydrogen-bond acceptors (Lipinski definition) is 6. The number of rotatable bonds is 5. The molecule has 1 N–H and O–H groups in total. The van der Waals surface area contributed by atoms with E-state index in [0.29, 0.717) is 25.1 Å². The summed E-state index contributed by atoms with van der Waals surface area (Å²) >= 11 is 0. The van der Waals surface area contributed by atoms with Crippen LogP contribution in [0.2, 0.25) is 0 Å². The van der Waals surface area contributed by atoms with Crippen LogP contribution >= 0.6 is 0 Å². The van der Waals surface area contributed by atoms with Crippen LogP contribution in [0, 0.1) is 0 Å². The van der Waals surface area contributed by atoms with Crippen molar-refractivity contribution in [3.05, 3.63) is 35.5 Å². The molecule has 0 aromatic heterocycles. The lowest BCUT2D eigenvalue weighted by atomic mass is 10.0. The number of carbonyl (C=O) groups is 3. The molecule has 7 heteroatoms. The summed E-state index contributed by atoms with van der Waals surface area (Å²) in [6.07, 6.45) is 2.12. The van der Waals surface area contributed by atoms with Gasteiger partial charge in [0, 0.05) is 24.3 Å². The van der Waals surface area contributed by atoms with Gasteiger partial charge >= 0.3 is 11.9 Å². The second kappa shape index (κ2) is 7.63.